The summed E-state index contributed by atoms with van der Waals surface area (Å²) < 4.78 is 6.94. The highest BCUT2D eigenvalue weighted by Crippen LogP contribution is 2.25. The van der Waals surface area contributed by atoms with Crippen LogP contribution in [0.5, 0.6) is 5.75 Å². The van der Waals surface area contributed by atoms with Gasteiger partial charge in [0.1, 0.15) is 18.5 Å². The zero-order chi connectivity index (χ0) is 24.2. The average Bonchev–Trinajstić information content (AvgIpc) is 3.23. The standard InChI is InChI=1S/C26H29N5O3S/c1-18-28-23-14-21(7-8-24(23)35-18)34-17-20(32)15-30-10-12-31(13-11-30)16-25(33)29-22-6-2-4-19-5-3-9-27-26(19)22/h2-9,14,20,32H,10-13,15-17H2,1H3,(H,29,33)/t20-/m1/s1. The summed E-state index contributed by atoms with van der Waals surface area (Å²) in [6.45, 7) is 6.23. The second-order valence-corrected chi connectivity index (χ2v) is 10.1. The summed E-state index contributed by atoms with van der Waals surface area (Å²) in [5, 5.41) is 15.5. The number of hydrogen-bond acceptors (Lipinski definition) is 8. The third-order valence-electron chi connectivity index (χ3n) is 6.12. The van der Waals surface area contributed by atoms with E-state index in [2.05, 4.69) is 25.1 Å². The average molecular weight is 492 g/mol. The monoisotopic (exact) mass is 491 g/mol. The molecule has 1 atom stereocenters. The van der Waals surface area contributed by atoms with Crippen molar-refractivity contribution < 1.29 is 14.6 Å². The molecule has 5 rings (SSSR count). The number of hydrogen-bond donors (Lipinski definition) is 2. The minimum absolute atomic E-state index is 0.0442. The molecule has 4 aromatic rings. The number of amides is 1. The van der Waals surface area contributed by atoms with Gasteiger partial charge in [0.25, 0.3) is 0 Å². The number of nitrogens with zero attached hydrogens (tertiary/aromatic N) is 4. The van der Waals surface area contributed by atoms with E-state index in [1.54, 1.807) is 17.5 Å². The lowest BCUT2D eigenvalue weighted by atomic mass is 10.2. The van der Waals surface area contributed by atoms with Crippen molar-refractivity contribution in [2.24, 2.45) is 0 Å². The van der Waals surface area contributed by atoms with Crippen LogP contribution in [0.1, 0.15) is 5.01 Å². The Labute approximate surface area is 208 Å². The van der Waals surface area contributed by atoms with Gasteiger partial charge in [-0.1, -0.05) is 18.2 Å². The lowest BCUT2D eigenvalue weighted by Gasteiger charge is -2.35. The van der Waals surface area contributed by atoms with Crippen LogP contribution in [-0.2, 0) is 4.79 Å². The topological polar surface area (TPSA) is 90.8 Å². The van der Waals surface area contributed by atoms with E-state index < -0.39 is 6.10 Å². The number of carbonyl (C=O) groups is 1. The van der Waals surface area contributed by atoms with Gasteiger partial charge in [-0.15, -0.1) is 11.3 Å². The van der Waals surface area contributed by atoms with Crippen LogP contribution in [0.25, 0.3) is 21.1 Å². The molecule has 2 aromatic heterocycles. The maximum absolute atomic E-state index is 12.6. The molecule has 1 aliphatic rings. The third kappa shape index (κ3) is 5.94. The Morgan fingerprint density at radius 1 is 1.14 bits per heavy atom. The number of thiazole rings is 1. The largest absolute Gasteiger partial charge is 0.491 e. The number of fused-ring (bicyclic) bond motifs is 2. The normalized spacial score (nSPS) is 15.9. The van der Waals surface area contributed by atoms with Crippen LogP contribution < -0.4 is 10.1 Å². The minimum Gasteiger partial charge on any atom is -0.491 e. The van der Waals surface area contributed by atoms with Gasteiger partial charge < -0.3 is 15.2 Å². The predicted molar refractivity (Wildman–Crippen MR) is 139 cm³/mol. The van der Waals surface area contributed by atoms with Crippen molar-refractivity contribution in [2.45, 2.75) is 13.0 Å². The number of aromatic nitrogens is 2. The second-order valence-electron chi connectivity index (χ2n) is 8.83. The Kier molecular flexibility index (Phi) is 7.19. The number of anilines is 1. The molecular formula is C26H29N5O3S. The molecule has 35 heavy (non-hydrogen) atoms. The fourth-order valence-electron chi connectivity index (χ4n) is 4.38. The Hall–Kier alpha value is -3.11. The summed E-state index contributed by atoms with van der Waals surface area (Å²) in [7, 11) is 0. The number of ether oxygens (including phenoxy) is 1. The smallest absolute Gasteiger partial charge is 0.238 e. The fraction of sp³-hybridized carbons (Fsp3) is 0.346. The molecule has 1 amide bonds. The van der Waals surface area contributed by atoms with E-state index in [0.717, 1.165) is 63.7 Å². The van der Waals surface area contributed by atoms with E-state index in [1.807, 2.05) is 55.5 Å². The quantitative estimate of drug-likeness (QED) is 0.391. The first kappa shape index (κ1) is 23.6. The number of para-hydroxylation sites is 1. The molecule has 0 radical (unpaired) electrons. The first-order valence-corrected chi connectivity index (χ1v) is 12.6. The summed E-state index contributed by atoms with van der Waals surface area (Å²) >= 11 is 1.66. The van der Waals surface area contributed by atoms with Crippen LogP contribution in [0.3, 0.4) is 0 Å². The molecule has 0 spiro atoms. The number of aliphatic hydroxyl groups is 1. The number of nitrogens with one attached hydrogen (secondary N) is 1. The highest BCUT2D eigenvalue weighted by Gasteiger charge is 2.21. The summed E-state index contributed by atoms with van der Waals surface area (Å²) in [5.41, 5.74) is 2.46. The summed E-state index contributed by atoms with van der Waals surface area (Å²) in [4.78, 5) is 25.9. The number of aryl methyl sites for hydroxylation is 1. The van der Waals surface area contributed by atoms with E-state index in [4.69, 9.17) is 4.74 Å². The van der Waals surface area contributed by atoms with E-state index in [-0.39, 0.29) is 12.5 Å². The molecular weight excluding hydrogens is 462 g/mol. The zero-order valence-corrected chi connectivity index (χ0v) is 20.5. The number of pyridine rings is 1. The third-order valence-corrected chi connectivity index (χ3v) is 7.07. The molecule has 1 fully saturated rings. The van der Waals surface area contributed by atoms with Crippen LogP contribution in [0.2, 0.25) is 0 Å². The van der Waals surface area contributed by atoms with Gasteiger partial charge in [0.2, 0.25) is 5.91 Å². The number of β-amino-alcohol motifs (C(OH)–C–C–N with tert-alkyl or cyclic N) is 1. The van der Waals surface area contributed by atoms with Gasteiger partial charge in [0.15, 0.2) is 0 Å². The molecule has 3 heterocycles. The zero-order valence-electron chi connectivity index (χ0n) is 19.7. The molecule has 2 N–H and O–H groups in total. The van der Waals surface area contributed by atoms with E-state index in [0.29, 0.717) is 13.1 Å². The second kappa shape index (κ2) is 10.7. The van der Waals surface area contributed by atoms with Gasteiger partial charge in [-0.2, -0.15) is 0 Å². The van der Waals surface area contributed by atoms with E-state index in [1.165, 1.54) is 0 Å². The van der Waals surface area contributed by atoms with Crippen molar-refractivity contribution in [1.82, 2.24) is 19.8 Å². The van der Waals surface area contributed by atoms with Crippen LogP contribution in [0.4, 0.5) is 5.69 Å². The molecule has 2 aromatic carbocycles. The highest BCUT2D eigenvalue weighted by atomic mass is 32.1. The molecule has 0 saturated carbocycles. The maximum Gasteiger partial charge on any atom is 0.238 e. The molecule has 8 nitrogen and oxygen atoms in total. The van der Waals surface area contributed by atoms with Gasteiger partial charge in [-0.05, 0) is 31.2 Å². The molecule has 0 unspecified atom stereocenters. The molecule has 182 valence electrons. The van der Waals surface area contributed by atoms with Crippen molar-refractivity contribution in [1.29, 1.82) is 0 Å². The number of carbonyl (C=O) groups excluding carboxylic acids is 1. The Morgan fingerprint density at radius 2 is 1.94 bits per heavy atom. The predicted octanol–water partition coefficient (Wildman–Crippen LogP) is 3.15. The van der Waals surface area contributed by atoms with Crippen LogP contribution in [-0.4, -0.2) is 82.8 Å². The van der Waals surface area contributed by atoms with Crippen molar-refractivity contribution >= 4 is 44.1 Å². The number of piperazine rings is 1. The summed E-state index contributed by atoms with van der Waals surface area (Å²) in [6.07, 6.45) is 1.15. The molecule has 1 aliphatic heterocycles. The highest BCUT2D eigenvalue weighted by molar-refractivity contribution is 7.18. The number of aliphatic hydroxyl groups excluding tert-OH is 1. The van der Waals surface area contributed by atoms with E-state index in [9.17, 15) is 9.90 Å². The first-order chi connectivity index (χ1) is 17.0. The molecule has 9 heteroatoms. The minimum atomic E-state index is -0.587. The van der Waals surface area contributed by atoms with Gasteiger partial charge in [0, 0.05) is 50.4 Å². The van der Waals surface area contributed by atoms with Crippen LogP contribution >= 0.6 is 11.3 Å². The first-order valence-electron chi connectivity index (χ1n) is 11.8. The number of benzene rings is 2. The van der Waals surface area contributed by atoms with Crippen LogP contribution in [0.15, 0.2) is 54.7 Å². The maximum atomic E-state index is 12.6. The van der Waals surface area contributed by atoms with Gasteiger partial charge in [0.05, 0.1) is 33.0 Å². The van der Waals surface area contributed by atoms with Crippen LogP contribution in [0, 0.1) is 6.92 Å². The van der Waals surface area contributed by atoms with Crippen molar-refractivity contribution in [3.8, 4) is 5.75 Å². The van der Waals surface area contributed by atoms with Crippen molar-refractivity contribution in [2.75, 3.05) is 51.2 Å². The lowest BCUT2D eigenvalue weighted by Crippen LogP contribution is -2.50. The van der Waals surface area contributed by atoms with Gasteiger partial charge in [-0.3, -0.25) is 19.6 Å². The van der Waals surface area contributed by atoms with Gasteiger partial charge >= 0.3 is 0 Å². The van der Waals surface area contributed by atoms with Gasteiger partial charge in [-0.25, -0.2) is 4.98 Å². The Morgan fingerprint density at radius 3 is 2.80 bits per heavy atom. The lowest BCUT2D eigenvalue weighted by molar-refractivity contribution is -0.117. The Bertz CT molecular complexity index is 1310. The summed E-state index contributed by atoms with van der Waals surface area (Å²) in [5.74, 6) is 0.677. The Balaban J connectivity index is 1.05. The number of rotatable bonds is 8. The molecule has 1 saturated heterocycles. The summed E-state index contributed by atoms with van der Waals surface area (Å²) in [6, 6.07) is 15.5. The fourth-order valence-corrected chi connectivity index (χ4v) is 5.19. The SMILES string of the molecule is Cc1nc2cc(OC[C@H](O)CN3CCN(CC(=O)Nc4cccc5cccnc45)CC3)ccc2s1. The molecule has 0 bridgehead atoms. The van der Waals surface area contributed by atoms with Crippen molar-refractivity contribution in [3.05, 3.63) is 59.7 Å². The van der Waals surface area contributed by atoms with Crippen molar-refractivity contribution in [3.63, 3.8) is 0 Å². The molecule has 0 aliphatic carbocycles. The van der Waals surface area contributed by atoms with E-state index >= 15 is 0 Å².